The van der Waals surface area contributed by atoms with Crippen LogP contribution in [0.1, 0.15) is 11.4 Å². The van der Waals surface area contributed by atoms with Crippen LogP contribution < -0.4 is 0 Å². The van der Waals surface area contributed by atoms with E-state index >= 15 is 0 Å². The molecule has 0 saturated carbocycles. The minimum atomic E-state index is -0.234. The van der Waals surface area contributed by atoms with Crippen LogP contribution in [-0.4, -0.2) is 18.1 Å². The molecule has 4 heteroatoms. The van der Waals surface area contributed by atoms with Gasteiger partial charge in [0.1, 0.15) is 5.01 Å². The van der Waals surface area contributed by atoms with Crippen molar-refractivity contribution >= 4 is 23.4 Å². The molecule has 0 saturated heterocycles. The molecule has 1 rings (SSSR count). The molecule has 0 N–H and O–H groups in total. The number of hydrogen-bond donors (Lipinski definition) is 0. The van der Waals surface area contributed by atoms with Crippen LogP contribution in [0.4, 0.5) is 0 Å². The molecule has 1 aromatic rings. The molecule has 0 fully saturated rings. The molecule has 0 aromatic carbocycles. The van der Waals surface area contributed by atoms with Crippen LogP contribution in [-0.2, 0) is 9.53 Å². The predicted octanol–water partition coefficient (Wildman–Crippen LogP) is 1.72. The minimum absolute atomic E-state index is 0.234. The third-order valence-corrected chi connectivity index (χ3v) is 1.96. The van der Waals surface area contributed by atoms with Gasteiger partial charge in [-0.25, -0.2) is 4.98 Å². The molecule has 0 aliphatic carbocycles. The molecule has 0 unspecified atom stereocenters. The number of ether oxygens (including phenoxy) is 1. The first-order valence-corrected chi connectivity index (χ1v) is 4.33. The van der Waals surface area contributed by atoms with Crippen molar-refractivity contribution in [2.24, 2.45) is 0 Å². The summed E-state index contributed by atoms with van der Waals surface area (Å²) in [6.07, 6.45) is 5.57. The Hall–Kier alpha value is -1.16. The molecule has 0 aliphatic rings. The van der Waals surface area contributed by atoms with E-state index in [9.17, 15) is 4.79 Å². The van der Waals surface area contributed by atoms with E-state index in [1.165, 1.54) is 18.4 Å². The zero-order valence-corrected chi connectivity index (χ0v) is 7.50. The highest BCUT2D eigenvalue weighted by molar-refractivity contribution is 7.10. The van der Waals surface area contributed by atoms with E-state index in [2.05, 4.69) is 9.72 Å². The van der Waals surface area contributed by atoms with Gasteiger partial charge in [-0.3, -0.25) is 4.79 Å². The van der Waals surface area contributed by atoms with Gasteiger partial charge < -0.3 is 4.74 Å². The quantitative estimate of drug-likeness (QED) is 0.670. The first-order chi connectivity index (χ1) is 5.83. The minimum Gasteiger partial charge on any atom is -0.469 e. The summed E-state index contributed by atoms with van der Waals surface area (Å²) >= 11 is 1.53. The number of hydrogen-bond acceptors (Lipinski definition) is 4. The van der Waals surface area contributed by atoms with E-state index in [1.54, 1.807) is 12.3 Å². The molecular formula is C8H9NO2S. The third kappa shape index (κ3) is 2.84. The molecular weight excluding hydrogens is 174 g/mol. The fourth-order valence-electron chi connectivity index (χ4n) is 0.656. The van der Waals surface area contributed by atoms with E-state index in [0.717, 1.165) is 5.01 Å². The largest absolute Gasteiger partial charge is 0.469 e. The van der Waals surface area contributed by atoms with Crippen LogP contribution in [0.5, 0.6) is 0 Å². The van der Waals surface area contributed by atoms with Crippen molar-refractivity contribution in [2.45, 2.75) is 6.42 Å². The van der Waals surface area contributed by atoms with E-state index in [-0.39, 0.29) is 5.97 Å². The fraction of sp³-hybridized carbons (Fsp3) is 0.250. The number of aromatic nitrogens is 1. The number of methoxy groups -OCH3 is 1. The van der Waals surface area contributed by atoms with E-state index < -0.39 is 0 Å². The third-order valence-electron chi connectivity index (χ3n) is 1.22. The summed E-state index contributed by atoms with van der Waals surface area (Å²) in [6, 6.07) is 0. The average Bonchev–Trinajstić information content (AvgIpc) is 2.57. The molecule has 0 atom stereocenters. The lowest BCUT2D eigenvalue weighted by molar-refractivity contribution is -0.139. The zero-order valence-electron chi connectivity index (χ0n) is 6.69. The zero-order chi connectivity index (χ0) is 8.81. The van der Waals surface area contributed by atoms with Crippen molar-refractivity contribution in [3.63, 3.8) is 0 Å². The Balaban J connectivity index is 2.37. The summed E-state index contributed by atoms with van der Waals surface area (Å²) in [5.74, 6) is -0.234. The molecule has 0 aliphatic heterocycles. The van der Waals surface area contributed by atoms with E-state index in [4.69, 9.17) is 0 Å². The van der Waals surface area contributed by atoms with Crippen molar-refractivity contribution in [2.75, 3.05) is 7.11 Å². The molecule has 0 amide bonds. The summed E-state index contributed by atoms with van der Waals surface area (Å²) < 4.78 is 4.46. The van der Waals surface area contributed by atoms with Gasteiger partial charge in [-0.1, -0.05) is 6.08 Å². The summed E-state index contributed by atoms with van der Waals surface area (Å²) in [7, 11) is 1.37. The molecule has 12 heavy (non-hydrogen) atoms. The maximum atomic E-state index is 10.6. The Morgan fingerprint density at radius 3 is 3.25 bits per heavy atom. The van der Waals surface area contributed by atoms with Crippen LogP contribution in [0.15, 0.2) is 17.7 Å². The highest BCUT2D eigenvalue weighted by Crippen LogP contribution is 2.06. The summed E-state index contributed by atoms with van der Waals surface area (Å²) in [5, 5.41) is 2.79. The fourth-order valence-corrected chi connectivity index (χ4v) is 1.21. The van der Waals surface area contributed by atoms with Crippen LogP contribution in [0.2, 0.25) is 0 Å². The molecule has 1 aromatic heterocycles. The lowest BCUT2D eigenvalue weighted by Crippen LogP contribution is -1.96. The molecule has 3 nitrogen and oxygen atoms in total. The highest BCUT2D eigenvalue weighted by Gasteiger charge is 1.94. The Labute approximate surface area is 74.7 Å². The van der Waals surface area contributed by atoms with Crippen molar-refractivity contribution in [1.82, 2.24) is 4.98 Å². The van der Waals surface area contributed by atoms with Crippen LogP contribution >= 0.6 is 11.3 Å². The van der Waals surface area contributed by atoms with Gasteiger partial charge in [0.15, 0.2) is 0 Å². The number of esters is 1. The van der Waals surface area contributed by atoms with E-state index in [1.807, 2.05) is 11.5 Å². The molecule has 0 spiro atoms. The summed E-state index contributed by atoms with van der Waals surface area (Å²) in [6.45, 7) is 0. The Bertz CT molecular complexity index is 267. The monoisotopic (exact) mass is 183 g/mol. The van der Waals surface area contributed by atoms with Gasteiger partial charge in [-0.2, -0.15) is 0 Å². The standard InChI is InChI=1S/C8H9NO2S/c1-11-8(10)4-2-3-7-9-5-6-12-7/h2-3,5-6H,4H2,1H3. The van der Waals surface area contributed by atoms with Gasteiger partial charge in [0, 0.05) is 11.6 Å². The summed E-state index contributed by atoms with van der Waals surface area (Å²) in [4.78, 5) is 14.7. The van der Waals surface area contributed by atoms with Gasteiger partial charge >= 0.3 is 5.97 Å². The highest BCUT2D eigenvalue weighted by atomic mass is 32.1. The lowest BCUT2D eigenvalue weighted by atomic mass is 10.4. The maximum absolute atomic E-state index is 10.6. The number of carbonyl (C=O) groups is 1. The smallest absolute Gasteiger partial charge is 0.309 e. The normalized spacial score (nSPS) is 10.4. The first kappa shape index (κ1) is 8.93. The second-order valence-corrected chi connectivity index (χ2v) is 2.98. The maximum Gasteiger partial charge on any atom is 0.309 e. The van der Waals surface area contributed by atoms with Crippen molar-refractivity contribution in [3.05, 3.63) is 22.7 Å². The Kier molecular flexibility index (Phi) is 3.47. The second kappa shape index (κ2) is 4.66. The van der Waals surface area contributed by atoms with Gasteiger partial charge in [0.05, 0.1) is 13.5 Å². The average molecular weight is 183 g/mol. The topological polar surface area (TPSA) is 39.2 Å². The molecule has 1 heterocycles. The number of thiazole rings is 1. The van der Waals surface area contributed by atoms with Gasteiger partial charge in [-0.15, -0.1) is 11.3 Å². The SMILES string of the molecule is COC(=O)CC=Cc1nccs1. The first-order valence-electron chi connectivity index (χ1n) is 3.46. The molecule has 0 radical (unpaired) electrons. The Morgan fingerprint density at radius 2 is 2.67 bits per heavy atom. The lowest BCUT2D eigenvalue weighted by Gasteiger charge is -1.90. The molecule has 64 valence electrons. The molecule has 0 bridgehead atoms. The second-order valence-electron chi connectivity index (χ2n) is 2.05. The number of rotatable bonds is 3. The Morgan fingerprint density at radius 1 is 1.83 bits per heavy atom. The van der Waals surface area contributed by atoms with Crippen LogP contribution in [0, 0.1) is 0 Å². The van der Waals surface area contributed by atoms with Crippen LogP contribution in [0.25, 0.3) is 6.08 Å². The van der Waals surface area contributed by atoms with Crippen molar-refractivity contribution in [1.29, 1.82) is 0 Å². The summed E-state index contributed by atoms with van der Waals surface area (Å²) in [5.41, 5.74) is 0. The van der Waals surface area contributed by atoms with Crippen molar-refractivity contribution < 1.29 is 9.53 Å². The predicted molar refractivity (Wildman–Crippen MR) is 47.8 cm³/mol. The number of nitrogens with zero attached hydrogens (tertiary/aromatic N) is 1. The van der Waals surface area contributed by atoms with Gasteiger partial charge in [-0.05, 0) is 6.08 Å². The van der Waals surface area contributed by atoms with Crippen LogP contribution in [0.3, 0.4) is 0 Å². The van der Waals surface area contributed by atoms with Crippen molar-refractivity contribution in [3.8, 4) is 0 Å². The number of carbonyl (C=O) groups excluding carboxylic acids is 1. The van der Waals surface area contributed by atoms with Gasteiger partial charge in [0.25, 0.3) is 0 Å². The van der Waals surface area contributed by atoms with Gasteiger partial charge in [0.2, 0.25) is 0 Å². The van der Waals surface area contributed by atoms with E-state index in [0.29, 0.717) is 6.42 Å².